The van der Waals surface area contributed by atoms with Crippen molar-refractivity contribution in [1.82, 2.24) is 5.06 Å². The summed E-state index contributed by atoms with van der Waals surface area (Å²) in [6.07, 6.45) is 0.290. The van der Waals surface area contributed by atoms with Crippen LogP contribution in [0.2, 0.25) is 0 Å². The van der Waals surface area contributed by atoms with Crippen LogP contribution in [0.1, 0.15) is 0 Å². The summed E-state index contributed by atoms with van der Waals surface area (Å²) in [5.74, 6) is -1.31. The SMILES string of the molecule is O=C1/C=C\C(=O)ON2CC(O)C2O1. The highest BCUT2D eigenvalue weighted by Crippen LogP contribution is 2.21. The fourth-order valence-corrected chi connectivity index (χ4v) is 1.10. The number of aliphatic hydroxyl groups is 1. The highest BCUT2D eigenvalue weighted by atomic mass is 16.8. The second-order valence-corrected chi connectivity index (χ2v) is 2.74. The average molecular weight is 185 g/mol. The summed E-state index contributed by atoms with van der Waals surface area (Å²) in [4.78, 5) is 26.4. The lowest BCUT2D eigenvalue weighted by Crippen LogP contribution is -2.62. The van der Waals surface area contributed by atoms with Crippen molar-refractivity contribution in [3.8, 4) is 0 Å². The molecule has 0 bridgehead atoms. The molecule has 1 saturated heterocycles. The molecular weight excluding hydrogens is 178 g/mol. The van der Waals surface area contributed by atoms with Crippen LogP contribution in [-0.2, 0) is 19.2 Å². The largest absolute Gasteiger partial charge is 0.437 e. The van der Waals surface area contributed by atoms with Gasteiger partial charge in [-0.1, -0.05) is 5.06 Å². The van der Waals surface area contributed by atoms with E-state index in [0.717, 1.165) is 17.2 Å². The van der Waals surface area contributed by atoms with Crippen LogP contribution in [0.25, 0.3) is 0 Å². The zero-order valence-electron chi connectivity index (χ0n) is 6.54. The van der Waals surface area contributed by atoms with Crippen LogP contribution in [0, 0.1) is 0 Å². The molecule has 0 aromatic rings. The summed E-state index contributed by atoms with van der Waals surface area (Å²) < 4.78 is 4.72. The fraction of sp³-hybridized carbons (Fsp3) is 0.429. The highest BCUT2D eigenvalue weighted by Gasteiger charge is 2.44. The molecule has 0 saturated carbocycles. The van der Waals surface area contributed by atoms with Crippen molar-refractivity contribution < 1.29 is 24.3 Å². The van der Waals surface area contributed by atoms with E-state index in [1.54, 1.807) is 0 Å². The normalized spacial score (nSPS) is 36.1. The van der Waals surface area contributed by atoms with E-state index in [-0.39, 0.29) is 6.54 Å². The van der Waals surface area contributed by atoms with Crippen LogP contribution < -0.4 is 0 Å². The van der Waals surface area contributed by atoms with Gasteiger partial charge in [-0.3, -0.25) is 0 Å². The zero-order chi connectivity index (χ0) is 9.42. The first kappa shape index (κ1) is 8.21. The van der Waals surface area contributed by atoms with Gasteiger partial charge in [0.25, 0.3) is 0 Å². The molecule has 1 fully saturated rings. The van der Waals surface area contributed by atoms with E-state index < -0.39 is 24.3 Å². The Balaban J connectivity index is 2.14. The van der Waals surface area contributed by atoms with Gasteiger partial charge in [-0.05, 0) is 0 Å². The number of fused-ring (bicyclic) bond motifs is 1. The first-order chi connectivity index (χ1) is 6.16. The van der Waals surface area contributed by atoms with Crippen LogP contribution in [0.15, 0.2) is 12.2 Å². The predicted molar refractivity (Wildman–Crippen MR) is 37.8 cm³/mol. The molecule has 0 aromatic carbocycles. The van der Waals surface area contributed by atoms with Gasteiger partial charge >= 0.3 is 11.9 Å². The van der Waals surface area contributed by atoms with E-state index in [0.29, 0.717) is 0 Å². The van der Waals surface area contributed by atoms with Gasteiger partial charge in [0.05, 0.1) is 6.54 Å². The highest BCUT2D eigenvalue weighted by molar-refractivity contribution is 5.92. The van der Waals surface area contributed by atoms with Crippen molar-refractivity contribution in [1.29, 1.82) is 0 Å². The van der Waals surface area contributed by atoms with Crippen molar-refractivity contribution in [2.75, 3.05) is 6.54 Å². The Morgan fingerprint density at radius 3 is 2.77 bits per heavy atom. The third kappa shape index (κ3) is 1.41. The van der Waals surface area contributed by atoms with Gasteiger partial charge in [-0.2, -0.15) is 0 Å². The molecule has 1 N–H and O–H groups in total. The van der Waals surface area contributed by atoms with Crippen LogP contribution in [0.3, 0.4) is 0 Å². The molecule has 2 aliphatic heterocycles. The van der Waals surface area contributed by atoms with E-state index in [4.69, 9.17) is 9.84 Å². The number of hydroxylamine groups is 2. The lowest BCUT2D eigenvalue weighted by Gasteiger charge is -2.41. The van der Waals surface area contributed by atoms with E-state index in [1.807, 2.05) is 0 Å². The molecule has 0 radical (unpaired) electrons. The molecule has 6 nitrogen and oxygen atoms in total. The van der Waals surface area contributed by atoms with Crippen molar-refractivity contribution in [3.63, 3.8) is 0 Å². The lowest BCUT2D eigenvalue weighted by atomic mass is 10.2. The predicted octanol–water partition coefficient (Wildman–Crippen LogP) is -1.44. The van der Waals surface area contributed by atoms with E-state index in [1.165, 1.54) is 0 Å². The minimum Gasteiger partial charge on any atom is -0.437 e. The molecule has 2 rings (SSSR count). The topological polar surface area (TPSA) is 76.1 Å². The Morgan fingerprint density at radius 2 is 2.08 bits per heavy atom. The van der Waals surface area contributed by atoms with Gasteiger partial charge in [0, 0.05) is 12.2 Å². The van der Waals surface area contributed by atoms with E-state index in [9.17, 15) is 9.59 Å². The minimum atomic E-state index is -0.860. The number of aliphatic hydroxyl groups excluding tert-OH is 1. The molecule has 70 valence electrons. The Labute approximate surface area is 73.3 Å². The molecule has 2 aliphatic rings. The fourth-order valence-electron chi connectivity index (χ4n) is 1.10. The summed E-state index contributed by atoms with van der Waals surface area (Å²) in [5, 5.41) is 10.2. The van der Waals surface area contributed by atoms with E-state index >= 15 is 0 Å². The monoisotopic (exact) mass is 185 g/mol. The maximum atomic E-state index is 10.9. The maximum absolute atomic E-state index is 10.9. The number of rotatable bonds is 0. The molecule has 13 heavy (non-hydrogen) atoms. The van der Waals surface area contributed by atoms with Gasteiger partial charge in [-0.25, -0.2) is 9.59 Å². The Morgan fingerprint density at radius 1 is 1.38 bits per heavy atom. The summed E-state index contributed by atoms with van der Waals surface area (Å²) in [6.45, 7) is 0.164. The Hall–Kier alpha value is -1.40. The summed E-state index contributed by atoms with van der Waals surface area (Å²) in [6, 6.07) is 0. The number of ether oxygens (including phenoxy) is 1. The van der Waals surface area contributed by atoms with Crippen molar-refractivity contribution >= 4 is 11.9 Å². The number of hydrogen-bond acceptors (Lipinski definition) is 6. The van der Waals surface area contributed by atoms with Crippen molar-refractivity contribution in [2.45, 2.75) is 12.3 Å². The smallest absolute Gasteiger partial charge is 0.350 e. The summed E-state index contributed by atoms with van der Waals surface area (Å²) in [7, 11) is 0. The maximum Gasteiger partial charge on any atom is 0.350 e. The zero-order valence-corrected chi connectivity index (χ0v) is 6.54. The second kappa shape index (κ2) is 2.82. The number of carbonyl (C=O) groups excluding carboxylic acids is 2. The van der Waals surface area contributed by atoms with Crippen LogP contribution in [0.5, 0.6) is 0 Å². The van der Waals surface area contributed by atoms with Crippen LogP contribution >= 0.6 is 0 Å². The van der Waals surface area contributed by atoms with Gasteiger partial charge in [0.2, 0.25) is 6.23 Å². The van der Waals surface area contributed by atoms with Crippen LogP contribution in [-0.4, -0.2) is 41.0 Å². The van der Waals surface area contributed by atoms with Crippen molar-refractivity contribution in [3.05, 3.63) is 12.2 Å². The standard InChI is InChI=1S/C7H7NO5/c9-4-3-8-7(4)12-5(10)1-2-6(11)13-8/h1-2,4,7,9H,3H2/b2-1-. The molecule has 0 spiro atoms. The summed E-state index contributed by atoms with van der Waals surface area (Å²) >= 11 is 0. The first-order valence-electron chi connectivity index (χ1n) is 3.72. The quantitative estimate of drug-likeness (QED) is 0.466. The number of hydrogen-bond donors (Lipinski definition) is 1. The minimum absolute atomic E-state index is 0.164. The number of esters is 1. The van der Waals surface area contributed by atoms with Gasteiger partial charge < -0.3 is 14.7 Å². The molecule has 0 aliphatic carbocycles. The van der Waals surface area contributed by atoms with Gasteiger partial charge in [-0.15, -0.1) is 0 Å². The van der Waals surface area contributed by atoms with Crippen LogP contribution in [0.4, 0.5) is 0 Å². The van der Waals surface area contributed by atoms with Crippen molar-refractivity contribution in [2.24, 2.45) is 0 Å². The Kier molecular flexibility index (Phi) is 1.78. The molecule has 2 atom stereocenters. The Bertz CT molecular complexity index is 287. The molecule has 6 heteroatoms. The van der Waals surface area contributed by atoms with Gasteiger partial charge in [0.15, 0.2) is 0 Å². The third-order valence-corrected chi connectivity index (χ3v) is 1.78. The first-order valence-corrected chi connectivity index (χ1v) is 3.72. The van der Waals surface area contributed by atoms with E-state index in [2.05, 4.69) is 4.84 Å². The number of carbonyl (C=O) groups is 2. The number of nitrogens with zero attached hydrogens (tertiary/aromatic N) is 1. The summed E-state index contributed by atoms with van der Waals surface area (Å²) in [5.41, 5.74) is 0. The molecule has 2 heterocycles. The average Bonchev–Trinajstić information content (AvgIpc) is 2.09. The van der Waals surface area contributed by atoms with Gasteiger partial charge in [0.1, 0.15) is 6.10 Å². The molecule has 0 amide bonds. The molecule has 2 unspecified atom stereocenters. The lowest BCUT2D eigenvalue weighted by molar-refractivity contribution is -0.314. The third-order valence-electron chi connectivity index (χ3n) is 1.78. The molecular formula is C7H7NO5. The second-order valence-electron chi connectivity index (χ2n) is 2.74. The molecule has 0 aromatic heterocycles.